The number of benzene rings is 3. The van der Waals surface area contributed by atoms with Gasteiger partial charge in [-0.2, -0.15) is 0 Å². The highest BCUT2D eigenvalue weighted by molar-refractivity contribution is 5.95. The summed E-state index contributed by atoms with van der Waals surface area (Å²) in [6.45, 7) is 1.38. The number of nitro groups is 1. The summed E-state index contributed by atoms with van der Waals surface area (Å²) in [6.07, 6.45) is 0. The second-order valence-corrected chi connectivity index (χ2v) is 6.49. The molecule has 0 radical (unpaired) electrons. The van der Waals surface area contributed by atoms with Crippen LogP contribution in [0.15, 0.2) is 60.7 Å². The fourth-order valence-corrected chi connectivity index (χ4v) is 3.01. The van der Waals surface area contributed by atoms with E-state index in [0.29, 0.717) is 18.8 Å². The zero-order chi connectivity index (χ0) is 21.3. The van der Waals surface area contributed by atoms with E-state index < -0.39 is 10.8 Å². The zero-order valence-corrected chi connectivity index (χ0v) is 16.6. The van der Waals surface area contributed by atoms with Gasteiger partial charge in [0.1, 0.15) is 18.0 Å². The maximum atomic E-state index is 12.4. The SMILES string of the molecule is COCCNc1ccc(C(=O)NCCOc2cccc3ccccc23)cc1[N+](=O)[O-]. The first-order valence-corrected chi connectivity index (χ1v) is 9.50. The van der Waals surface area contributed by atoms with Crippen LogP contribution in [0.2, 0.25) is 0 Å². The van der Waals surface area contributed by atoms with Crippen molar-refractivity contribution in [2.75, 3.05) is 38.7 Å². The van der Waals surface area contributed by atoms with Gasteiger partial charge in [0.25, 0.3) is 11.6 Å². The van der Waals surface area contributed by atoms with Crippen LogP contribution in [0.4, 0.5) is 11.4 Å². The first-order valence-electron chi connectivity index (χ1n) is 9.50. The Balaban J connectivity index is 1.58. The Morgan fingerprint density at radius 2 is 1.83 bits per heavy atom. The highest BCUT2D eigenvalue weighted by Gasteiger charge is 2.17. The van der Waals surface area contributed by atoms with E-state index in [0.717, 1.165) is 16.5 Å². The maximum Gasteiger partial charge on any atom is 0.293 e. The van der Waals surface area contributed by atoms with E-state index >= 15 is 0 Å². The molecule has 0 heterocycles. The highest BCUT2D eigenvalue weighted by Crippen LogP contribution is 2.26. The van der Waals surface area contributed by atoms with Crippen LogP contribution in [0.3, 0.4) is 0 Å². The molecule has 0 fully saturated rings. The van der Waals surface area contributed by atoms with Gasteiger partial charge in [0, 0.05) is 30.7 Å². The number of nitrogens with zero attached hydrogens (tertiary/aromatic N) is 1. The zero-order valence-electron chi connectivity index (χ0n) is 16.6. The van der Waals surface area contributed by atoms with Gasteiger partial charge in [-0.15, -0.1) is 0 Å². The van der Waals surface area contributed by atoms with Crippen LogP contribution < -0.4 is 15.4 Å². The number of rotatable bonds is 10. The van der Waals surface area contributed by atoms with Gasteiger partial charge in [0.05, 0.1) is 18.1 Å². The topological polar surface area (TPSA) is 103 Å². The molecule has 0 aliphatic rings. The number of nitrogens with one attached hydrogen (secondary N) is 2. The second kappa shape index (κ2) is 10.2. The van der Waals surface area contributed by atoms with E-state index in [2.05, 4.69) is 10.6 Å². The molecule has 0 aliphatic heterocycles. The van der Waals surface area contributed by atoms with Crippen molar-refractivity contribution < 1.29 is 19.2 Å². The molecule has 0 aliphatic carbocycles. The molecule has 0 aromatic heterocycles. The first-order chi connectivity index (χ1) is 14.6. The summed E-state index contributed by atoms with van der Waals surface area (Å²) >= 11 is 0. The third-order valence-corrected chi connectivity index (χ3v) is 4.47. The molecule has 3 rings (SSSR count). The number of hydrogen-bond donors (Lipinski definition) is 2. The Kier molecular flexibility index (Phi) is 7.18. The van der Waals surface area contributed by atoms with Crippen molar-refractivity contribution in [3.8, 4) is 5.75 Å². The lowest BCUT2D eigenvalue weighted by atomic mass is 10.1. The molecule has 0 unspecified atom stereocenters. The smallest absolute Gasteiger partial charge is 0.293 e. The van der Waals surface area contributed by atoms with Crippen LogP contribution in [-0.2, 0) is 4.74 Å². The van der Waals surface area contributed by atoms with E-state index in [9.17, 15) is 14.9 Å². The van der Waals surface area contributed by atoms with Crippen LogP contribution in [0.5, 0.6) is 5.75 Å². The largest absolute Gasteiger partial charge is 0.491 e. The maximum absolute atomic E-state index is 12.4. The molecule has 0 atom stereocenters. The molecule has 3 aromatic carbocycles. The van der Waals surface area contributed by atoms with E-state index in [1.807, 2.05) is 42.5 Å². The number of hydrogen-bond acceptors (Lipinski definition) is 6. The van der Waals surface area contributed by atoms with Crippen LogP contribution >= 0.6 is 0 Å². The van der Waals surface area contributed by atoms with E-state index in [1.165, 1.54) is 12.1 Å². The molecule has 156 valence electrons. The van der Waals surface area contributed by atoms with Crippen LogP contribution in [0, 0.1) is 10.1 Å². The molecular formula is C22H23N3O5. The summed E-state index contributed by atoms with van der Waals surface area (Å²) in [7, 11) is 1.55. The summed E-state index contributed by atoms with van der Waals surface area (Å²) in [5.74, 6) is 0.340. The first kappa shape index (κ1) is 21.1. The van der Waals surface area contributed by atoms with Gasteiger partial charge in [-0.05, 0) is 23.6 Å². The van der Waals surface area contributed by atoms with Crippen molar-refractivity contribution >= 4 is 28.1 Å². The van der Waals surface area contributed by atoms with Crippen molar-refractivity contribution in [3.63, 3.8) is 0 Å². The van der Waals surface area contributed by atoms with Gasteiger partial charge in [-0.3, -0.25) is 14.9 Å². The van der Waals surface area contributed by atoms with E-state index in [4.69, 9.17) is 9.47 Å². The lowest BCUT2D eigenvalue weighted by Crippen LogP contribution is -2.28. The summed E-state index contributed by atoms with van der Waals surface area (Å²) in [6, 6.07) is 18.0. The summed E-state index contributed by atoms with van der Waals surface area (Å²) in [5.41, 5.74) is 0.391. The van der Waals surface area contributed by atoms with Gasteiger partial charge in [0.15, 0.2) is 0 Å². The van der Waals surface area contributed by atoms with Crippen LogP contribution in [0.25, 0.3) is 10.8 Å². The number of ether oxygens (including phenoxy) is 2. The molecule has 30 heavy (non-hydrogen) atoms. The Bertz CT molecular complexity index is 1030. The number of anilines is 1. The molecule has 8 heteroatoms. The average molecular weight is 409 g/mol. The number of fused-ring (bicyclic) bond motifs is 1. The van der Waals surface area contributed by atoms with Crippen molar-refractivity contribution in [1.29, 1.82) is 0 Å². The van der Waals surface area contributed by atoms with Crippen LogP contribution in [0.1, 0.15) is 10.4 Å². The predicted molar refractivity (Wildman–Crippen MR) is 115 cm³/mol. The normalized spacial score (nSPS) is 10.6. The summed E-state index contributed by atoms with van der Waals surface area (Å²) < 4.78 is 10.7. The average Bonchev–Trinajstić information content (AvgIpc) is 2.76. The molecule has 0 saturated heterocycles. The van der Waals surface area contributed by atoms with Gasteiger partial charge < -0.3 is 20.1 Å². The standard InChI is InChI=1S/C22H23N3O5/c1-29-13-11-23-19-10-9-17(15-20(19)25(27)28)22(26)24-12-14-30-21-8-4-6-16-5-2-3-7-18(16)21/h2-10,15,23H,11-14H2,1H3,(H,24,26). The monoisotopic (exact) mass is 409 g/mol. The molecule has 0 saturated carbocycles. The van der Waals surface area contributed by atoms with E-state index in [1.54, 1.807) is 13.2 Å². The lowest BCUT2D eigenvalue weighted by molar-refractivity contribution is -0.384. The number of carbonyl (C=O) groups is 1. The van der Waals surface area contributed by atoms with Crippen molar-refractivity contribution in [3.05, 3.63) is 76.3 Å². The van der Waals surface area contributed by atoms with Crippen molar-refractivity contribution in [2.45, 2.75) is 0 Å². The minimum absolute atomic E-state index is 0.161. The molecule has 1 amide bonds. The minimum Gasteiger partial charge on any atom is -0.491 e. The quantitative estimate of drug-likeness (QED) is 0.301. The fourth-order valence-electron chi connectivity index (χ4n) is 3.01. The van der Waals surface area contributed by atoms with Crippen LogP contribution in [-0.4, -0.2) is 44.2 Å². The Hall–Kier alpha value is -3.65. The summed E-state index contributed by atoms with van der Waals surface area (Å²) in [4.78, 5) is 23.2. The van der Waals surface area contributed by atoms with E-state index in [-0.39, 0.29) is 24.4 Å². The number of carbonyl (C=O) groups excluding carboxylic acids is 1. The number of nitro benzene ring substituents is 1. The number of methoxy groups -OCH3 is 1. The molecule has 3 aromatic rings. The Morgan fingerprint density at radius 1 is 1.03 bits per heavy atom. The van der Waals surface area contributed by atoms with Gasteiger partial charge >= 0.3 is 0 Å². The lowest BCUT2D eigenvalue weighted by Gasteiger charge is -2.11. The van der Waals surface area contributed by atoms with Gasteiger partial charge in [-0.1, -0.05) is 36.4 Å². The predicted octanol–water partition coefficient (Wildman–Crippen LogP) is 3.62. The molecule has 8 nitrogen and oxygen atoms in total. The third-order valence-electron chi connectivity index (χ3n) is 4.47. The molecule has 2 N–H and O–H groups in total. The molecule has 0 spiro atoms. The Morgan fingerprint density at radius 3 is 2.63 bits per heavy atom. The number of amides is 1. The summed E-state index contributed by atoms with van der Waals surface area (Å²) in [5, 5.41) is 19.1. The van der Waals surface area contributed by atoms with Crippen molar-refractivity contribution in [2.24, 2.45) is 0 Å². The third kappa shape index (κ3) is 5.24. The Labute approximate surface area is 174 Å². The highest BCUT2D eigenvalue weighted by atomic mass is 16.6. The van der Waals surface area contributed by atoms with Crippen molar-refractivity contribution in [1.82, 2.24) is 5.32 Å². The minimum atomic E-state index is -0.518. The van der Waals surface area contributed by atoms with Gasteiger partial charge in [-0.25, -0.2) is 0 Å². The molecular weight excluding hydrogens is 386 g/mol. The fraction of sp³-hybridized carbons (Fsp3) is 0.227. The second-order valence-electron chi connectivity index (χ2n) is 6.49. The van der Waals surface area contributed by atoms with Gasteiger partial charge in [0.2, 0.25) is 0 Å². The molecule has 0 bridgehead atoms.